The second kappa shape index (κ2) is 8.22. The fraction of sp³-hybridized carbons (Fsp3) is 0.217. The van der Waals surface area contributed by atoms with Crippen molar-refractivity contribution in [1.29, 1.82) is 0 Å². The maximum atomic E-state index is 7.25. The molecule has 0 N–H and O–H groups in total. The van der Waals surface area contributed by atoms with Crippen LogP contribution in [0.2, 0.25) is 0 Å². The SMILES string of the molecule is CCCCOc1ccc(C(Cl)(c2ccccc2)c2ccccc2)cc1. The molecule has 1 nitrogen and oxygen atoms in total. The lowest BCUT2D eigenvalue weighted by molar-refractivity contribution is 0.309. The molecule has 0 radical (unpaired) electrons. The van der Waals surface area contributed by atoms with Crippen LogP contribution in [0.4, 0.5) is 0 Å². The normalized spacial score (nSPS) is 11.3. The molecule has 0 bridgehead atoms. The van der Waals surface area contributed by atoms with Crippen LogP contribution in [0.1, 0.15) is 36.5 Å². The van der Waals surface area contributed by atoms with E-state index in [2.05, 4.69) is 43.3 Å². The zero-order chi connectivity index (χ0) is 17.5. The minimum Gasteiger partial charge on any atom is -0.494 e. The molecule has 3 aromatic carbocycles. The Bertz CT molecular complexity index is 727. The first-order valence-corrected chi connectivity index (χ1v) is 9.16. The number of ether oxygens (including phenoxy) is 1. The van der Waals surface area contributed by atoms with Crippen molar-refractivity contribution >= 4 is 11.6 Å². The summed E-state index contributed by atoms with van der Waals surface area (Å²) in [5.74, 6) is 0.886. The quantitative estimate of drug-likeness (QED) is 0.272. The Morgan fingerprint density at radius 1 is 0.720 bits per heavy atom. The summed E-state index contributed by atoms with van der Waals surface area (Å²) in [5, 5.41) is 0. The average Bonchev–Trinajstić information content (AvgIpc) is 2.69. The highest BCUT2D eigenvalue weighted by Crippen LogP contribution is 2.43. The summed E-state index contributed by atoms with van der Waals surface area (Å²) in [4.78, 5) is -0.718. The van der Waals surface area contributed by atoms with E-state index in [-0.39, 0.29) is 0 Å². The van der Waals surface area contributed by atoms with Crippen molar-refractivity contribution in [2.24, 2.45) is 0 Å². The Balaban J connectivity index is 1.98. The minimum absolute atomic E-state index is 0.718. The molecule has 0 aliphatic heterocycles. The molecular weight excluding hydrogens is 328 g/mol. The van der Waals surface area contributed by atoms with Gasteiger partial charge in [-0.15, -0.1) is 11.6 Å². The zero-order valence-corrected chi connectivity index (χ0v) is 15.2. The molecule has 0 saturated heterocycles. The summed E-state index contributed by atoms with van der Waals surface area (Å²) in [5.41, 5.74) is 3.15. The Kier molecular flexibility index (Phi) is 5.78. The van der Waals surface area contributed by atoms with Gasteiger partial charge in [0, 0.05) is 0 Å². The van der Waals surface area contributed by atoms with Gasteiger partial charge in [-0.2, -0.15) is 0 Å². The van der Waals surface area contributed by atoms with Crippen molar-refractivity contribution in [3.05, 3.63) is 102 Å². The first kappa shape index (κ1) is 17.6. The van der Waals surface area contributed by atoms with Crippen LogP contribution >= 0.6 is 11.6 Å². The molecule has 2 heteroatoms. The van der Waals surface area contributed by atoms with E-state index in [1.807, 2.05) is 48.5 Å². The second-order valence-corrected chi connectivity index (χ2v) is 6.68. The predicted octanol–water partition coefficient (Wildman–Crippen LogP) is 6.40. The summed E-state index contributed by atoms with van der Waals surface area (Å²) in [6, 6.07) is 28.6. The molecule has 0 heterocycles. The second-order valence-electron chi connectivity index (χ2n) is 6.12. The lowest BCUT2D eigenvalue weighted by Crippen LogP contribution is -2.22. The number of hydrogen-bond acceptors (Lipinski definition) is 1. The molecule has 0 aliphatic carbocycles. The molecule has 128 valence electrons. The molecule has 3 rings (SSSR count). The number of benzene rings is 3. The van der Waals surface area contributed by atoms with Crippen LogP contribution in [-0.4, -0.2) is 6.61 Å². The van der Waals surface area contributed by atoms with Gasteiger partial charge in [0.05, 0.1) is 6.61 Å². The summed E-state index contributed by atoms with van der Waals surface area (Å²) in [7, 11) is 0. The van der Waals surface area contributed by atoms with Crippen molar-refractivity contribution in [3.63, 3.8) is 0 Å². The van der Waals surface area contributed by atoms with E-state index in [4.69, 9.17) is 16.3 Å². The van der Waals surface area contributed by atoms with Crippen molar-refractivity contribution < 1.29 is 4.74 Å². The van der Waals surface area contributed by atoms with Crippen molar-refractivity contribution in [2.45, 2.75) is 24.6 Å². The molecule has 0 unspecified atom stereocenters. The van der Waals surface area contributed by atoms with Crippen molar-refractivity contribution in [1.82, 2.24) is 0 Å². The molecule has 0 aliphatic rings. The Labute approximate surface area is 155 Å². The molecule has 0 spiro atoms. The average molecular weight is 351 g/mol. The van der Waals surface area contributed by atoms with E-state index in [0.29, 0.717) is 0 Å². The van der Waals surface area contributed by atoms with Gasteiger partial charge in [0.15, 0.2) is 0 Å². The third-order valence-electron chi connectivity index (χ3n) is 4.36. The molecule has 0 saturated carbocycles. The monoisotopic (exact) mass is 350 g/mol. The molecule has 0 fully saturated rings. The molecule has 3 aromatic rings. The third kappa shape index (κ3) is 3.88. The van der Waals surface area contributed by atoms with Crippen molar-refractivity contribution in [2.75, 3.05) is 6.61 Å². The van der Waals surface area contributed by atoms with Gasteiger partial charge < -0.3 is 4.74 Å². The molecule has 0 amide bonds. The predicted molar refractivity (Wildman–Crippen MR) is 105 cm³/mol. The third-order valence-corrected chi connectivity index (χ3v) is 5.02. The van der Waals surface area contributed by atoms with Gasteiger partial charge in [-0.1, -0.05) is 86.1 Å². The van der Waals surface area contributed by atoms with E-state index in [1.165, 1.54) is 0 Å². The van der Waals surface area contributed by atoms with Gasteiger partial charge in [-0.3, -0.25) is 0 Å². The van der Waals surface area contributed by atoms with Gasteiger partial charge >= 0.3 is 0 Å². The molecule has 0 aromatic heterocycles. The van der Waals surface area contributed by atoms with E-state index < -0.39 is 4.87 Å². The summed E-state index contributed by atoms with van der Waals surface area (Å²) in [6.07, 6.45) is 2.19. The molecule has 25 heavy (non-hydrogen) atoms. The number of rotatable bonds is 7. The Morgan fingerprint density at radius 3 is 1.68 bits per heavy atom. The number of hydrogen-bond donors (Lipinski definition) is 0. The fourth-order valence-electron chi connectivity index (χ4n) is 2.95. The van der Waals surface area contributed by atoms with Crippen molar-refractivity contribution in [3.8, 4) is 5.75 Å². The lowest BCUT2D eigenvalue weighted by atomic mass is 9.84. The van der Waals surface area contributed by atoms with Crippen LogP contribution in [0.25, 0.3) is 0 Å². The van der Waals surface area contributed by atoms with Crippen LogP contribution in [-0.2, 0) is 4.87 Å². The van der Waals surface area contributed by atoms with Crippen LogP contribution < -0.4 is 4.74 Å². The van der Waals surface area contributed by atoms with Gasteiger partial charge in [0.25, 0.3) is 0 Å². The molecule has 0 atom stereocenters. The first-order valence-electron chi connectivity index (χ1n) is 8.78. The van der Waals surface area contributed by atoms with Crippen LogP contribution in [0, 0.1) is 0 Å². The number of halogens is 1. The highest BCUT2D eigenvalue weighted by molar-refractivity contribution is 6.28. The van der Waals surface area contributed by atoms with Crippen LogP contribution in [0.3, 0.4) is 0 Å². The number of unbranched alkanes of at least 4 members (excludes halogenated alkanes) is 1. The standard InChI is InChI=1S/C23H23ClO/c1-2-3-18-25-22-16-14-21(15-17-22)23(24,19-10-6-4-7-11-19)20-12-8-5-9-13-20/h4-17H,2-3,18H2,1H3. The van der Waals surface area contributed by atoms with Gasteiger partial charge in [-0.05, 0) is 35.2 Å². The van der Waals surface area contributed by atoms with E-state index >= 15 is 0 Å². The topological polar surface area (TPSA) is 9.23 Å². The summed E-state index contributed by atoms with van der Waals surface area (Å²) >= 11 is 7.25. The summed E-state index contributed by atoms with van der Waals surface area (Å²) in [6.45, 7) is 2.91. The number of alkyl halides is 1. The Hall–Kier alpha value is -2.25. The van der Waals surface area contributed by atoms with E-state index in [9.17, 15) is 0 Å². The fourth-order valence-corrected chi connectivity index (χ4v) is 3.33. The smallest absolute Gasteiger partial charge is 0.119 e. The van der Waals surface area contributed by atoms with E-state index in [1.54, 1.807) is 0 Å². The summed E-state index contributed by atoms with van der Waals surface area (Å²) < 4.78 is 5.78. The van der Waals surface area contributed by atoms with Gasteiger partial charge in [-0.25, -0.2) is 0 Å². The zero-order valence-electron chi connectivity index (χ0n) is 14.5. The van der Waals surface area contributed by atoms with Gasteiger partial charge in [0.2, 0.25) is 0 Å². The molecular formula is C23H23ClO. The van der Waals surface area contributed by atoms with E-state index in [0.717, 1.165) is 41.9 Å². The van der Waals surface area contributed by atoms with Crippen LogP contribution in [0.15, 0.2) is 84.9 Å². The lowest BCUT2D eigenvalue weighted by Gasteiger charge is -2.29. The first-order chi connectivity index (χ1) is 12.2. The van der Waals surface area contributed by atoms with Gasteiger partial charge in [0.1, 0.15) is 10.6 Å². The minimum atomic E-state index is -0.718. The van der Waals surface area contributed by atoms with Crippen LogP contribution in [0.5, 0.6) is 5.75 Å². The highest BCUT2D eigenvalue weighted by Gasteiger charge is 2.33. The maximum absolute atomic E-state index is 7.25. The Morgan fingerprint density at radius 2 is 1.20 bits per heavy atom. The maximum Gasteiger partial charge on any atom is 0.119 e. The largest absolute Gasteiger partial charge is 0.494 e. The highest BCUT2D eigenvalue weighted by atomic mass is 35.5.